The van der Waals surface area contributed by atoms with E-state index < -0.39 is 5.97 Å². The highest BCUT2D eigenvalue weighted by Gasteiger charge is 2.31. The lowest BCUT2D eigenvalue weighted by Crippen LogP contribution is -2.24. The van der Waals surface area contributed by atoms with Gasteiger partial charge in [0.25, 0.3) is 0 Å². The van der Waals surface area contributed by atoms with Crippen molar-refractivity contribution in [3.05, 3.63) is 34.3 Å². The van der Waals surface area contributed by atoms with Crippen LogP contribution < -0.4 is 0 Å². The molecule has 1 aromatic rings. The maximum Gasteiger partial charge on any atom is 0.311 e. The molecule has 1 aliphatic carbocycles. The highest BCUT2D eigenvalue weighted by molar-refractivity contribution is 9.10. The van der Waals surface area contributed by atoms with E-state index in [2.05, 4.69) is 15.9 Å². The van der Waals surface area contributed by atoms with E-state index in [0.29, 0.717) is 5.92 Å². The molecule has 1 fully saturated rings. The molecule has 0 spiro atoms. The number of halogens is 1. The number of rotatable bonds is 3. The standard InChI is InChI=1S/C14H17BrO2/c15-12-9-5-4-8-11(12)13(14(16)17)10-6-2-1-3-7-10/h4-5,8-10,13H,1-3,6-7H2,(H,16,17). The molecule has 1 saturated carbocycles. The Morgan fingerprint density at radius 3 is 2.47 bits per heavy atom. The Morgan fingerprint density at radius 2 is 1.88 bits per heavy atom. The highest BCUT2D eigenvalue weighted by atomic mass is 79.9. The van der Waals surface area contributed by atoms with Crippen molar-refractivity contribution in [2.75, 3.05) is 0 Å². The van der Waals surface area contributed by atoms with Gasteiger partial charge in [-0.3, -0.25) is 4.79 Å². The molecule has 17 heavy (non-hydrogen) atoms. The monoisotopic (exact) mass is 296 g/mol. The fourth-order valence-corrected chi connectivity index (χ4v) is 3.31. The second-order valence-electron chi connectivity index (χ2n) is 4.74. The fourth-order valence-electron chi connectivity index (χ4n) is 2.78. The average Bonchev–Trinajstić information content (AvgIpc) is 2.33. The second kappa shape index (κ2) is 5.67. The summed E-state index contributed by atoms with van der Waals surface area (Å²) in [4.78, 5) is 11.5. The smallest absolute Gasteiger partial charge is 0.311 e. The maximum absolute atomic E-state index is 11.5. The van der Waals surface area contributed by atoms with Crippen molar-refractivity contribution < 1.29 is 9.90 Å². The molecule has 3 heteroatoms. The van der Waals surface area contributed by atoms with Gasteiger partial charge in [-0.25, -0.2) is 0 Å². The molecular formula is C14H17BrO2. The molecule has 0 aromatic heterocycles. The van der Waals surface area contributed by atoms with Crippen molar-refractivity contribution in [1.29, 1.82) is 0 Å². The summed E-state index contributed by atoms with van der Waals surface area (Å²) >= 11 is 3.47. The molecule has 0 amide bonds. The van der Waals surface area contributed by atoms with Crippen LogP contribution >= 0.6 is 15.9 Å². The first-order valence-corrected chi connectivity index (χ1v) is 6.96. The van der Waals surface area contributed by atoms with Crippen molar-refractivity contribution in [1.82, 2.24) is 0 Å². The Kier molecular flexibility index (Phi) is 4.21. The first-order valence-electron chi connectivity index (χ1n) is 6.17. The molecule has 2 rings (SSSR count). The lowest BCUT2D eigenvalue weighted by atomic mass is 9.77. The third-order valence-corrected chi connectivity index (χ3v) is 4.35. The van der Waals surface area contributed by atoms with E-state index >= 15 is 0 Å². The van der Waals surface area contributed by atoms with Crippen LogP contribution in [0.15, 0.2) is 28.7 Å². The Bertz CT molecular complexity index is 397. The minimum Gasteiger partial charge on any atom is -0.481 e. The van der Waals surface area contributed by atoms with Gasteiger partial charge in [0.15, 0.2) is 0 Å². The summed E-state index contributed by atoms with van der Waals surface area (Å²) in [7, 11) is 0. The SMILES string of the molecule is O=C(O)C(c1ccccc1Br)C1CCCCC1. The van der Waals surface area contributed by atoms with Crippen LogP contribution in [0.5, 0.6) is 0 Å². The molecule has 0 heterocycles. The van der Waals surface area contributed by atoms with Gasteiger partial charge in [0.1, 0.15) is 0 Å². The van der Waals surface area contributed by atoms with Crippen LogP contribution in [-0.4, -0.2) is 11.1 Å². The molecule has 1 aliphatic rings. The molecule has 1 atom stereocenters. The quantitative estimate of drug-likeness (QED) is 0.908. The number of aliphatic carboxylic acids is 1. The van der Waals surface area contributed by atoms with Gasteiger partial charge in [-0.2, -0.15) is 0 Å². The van der Waals surface area contributed by atoms with E-state index in [1.165, 1.54) is 19.3 Å². The lowest BCUT2D eigenvalue weighted by Gasteiger charge is -2.28. The maximum atomic E-state index is 11.5. The summed E-state index contributed by atoms with van der Waals surface area (Å²) in [5.74, 6) is -0.755. The molecule has 0 radical (unpaired) electrons. The zero-order valence-electron chi connectivity index (χ0n) is 9.73. The molecule has 2 nitrogen and oxygen atoms in total. The van der Waals surface area contributed by atoms with Crippen molar-refractivity contribution in [2.45, 2.75) is 38.0 Å². The van der Waals surface area contributed by atoms with Crippen LogP contribution in [0.25, 0.3) is 0 Å². The van der Waals surface area contributed by atoms with Gasteiger partial charge in [-0.05, 0) is 30.4 Å². The number of benzene rings is 1. The highest BCUT2D eigenvalue weighted by Crippen LogP contribution is 2.38. The van der Waals surface area contributed by atoms with Gasteiger partial charge < -0.3 is 5.11 Å². The van der Waals surface area contributed by atoms with Gasteiger partial charge in [0.2, 0.25) is 0 Å². The van der Waals surface area contributed by atoms with Crippen LogP contribution in [0.3, 0.4) is 0 Å². The number of carbonyl (C=O) groups is 1. The minimum absolute atomic E-state index is 0.292. The topological polar surface area (TPSA) is 37.3 Å². The fraction of sp³-hybridized carbons (Fsp3) is 0.500. The summed E-state index contributed by atoms with van der Waals surface area (Å²) in [6, 6.07) is 7.69. The predicted octanol–water partition coefficient (Wildman–Crippen LogP) is 4.20. The van der Waals surface area contributed by atoms with Crippen molar-refractivity contribution in [3.8, 4) is 0 Å². The summed E-state index contributed by atoms with van der Waals surface area (Å²) in [5, 5.41) is 9.48. The molecule has 1 aromatic carbocycles. The van der Waals surface area contributed by atoms with Gasteiger partial charge in [0.05, 0.1) is 5.92 Å². The van der Waals surface area contributed by atoms with Gasteiger partial charge >= 0.3 is 5.97 Å². The normalized spacial score (nSPS) is 18.9. The average molecular weight is 297 g/mol. The Balaban J connectivity index is 2.28. The van der Waals surface area contributed by atoms with Crippen LogP contribution in [-0.2, 0) is 4.79 Å². The molecule has 0 aliphatic heterocycles. The summed E-state index contributed by atoms with van der Waals surface area (Å²) in [6.45, 7) is 0. The number of carboxylic acid groups (broad SMARTS) is 1. The van der Waals surface area contributed by atoms with Crippen LogP contribution in [0.4, 0.5) is 0 Å². The van der Waals surface area contributed by atoms with E-state index in [0.717, 1.165) is 22.9 Å². The summed E-state index contributed by atoms with van der Waals surface area (Å²) in [5.41, 5.74) is 0.923. The Morgan fingerprint density at radius 1 is 1.24 bits per heavy atom. The number of hydrogen-bond donors (Lipinski definition) is 1. The van der Waals surface area contributed by atoms with Crippen molar-refractivity contribution >= 4 is 21.9 Å². The summed E-state index contributed by atoms with van der Waals surface area (Å²) < 4.78 is 0.915. The molecular weight excluding hydrogens is 280 g/mol. The predicted molar refractivity (Wildman–Crippen MR) is 71.1 cm³/mol. The third kappa shape index (κ3) is 2.89. The van der Waals surface area contributed by atoms with Crippen LogP contribution in [0, 0.1) is 5.92 Å². The zero-order valence-corrected chi connectivity index (χ0v) is 11.3. The van der Waals surface area contributed by atoms with Gasteiger partial charge in [-0.1, -0.05) is 53.4 Å². The van der Waals surface area contributed by atoms with Crippen molar-refractivity contribution in [2.24, 2.45) is 5.92 Å². The van der Waals surface area contributed by atoms with E-state index in [1.807, 2.05) is 24.3 Å². The van der Waals surface area contributed by atoms with Gasteiger partial charge in [-0.15, -0.1) is 0 Å². The third-order valence-electron chi connectivity index (χ3n) is 3.63. The number of hydrogen-bond acceptors (Lipinski definition) is 1. The van der Waals surface area contributed by atoms with Gasteiger partial charge in [0, 0.05) is 4.47 Å². The van der Waals surface area contributed by atoms with E-state index in [-0.39, 0.29) is 5.92 Å². The largest absolute Gasteiger partial charge is 0.481 e. The van der Waals surface area contributed by atoms with E-state index in [9.17, 15) is 9.90 Å². The van der Waals surface area contributed by atoms with Crippen LogP contribution in [0.2, 0.25) is 0 Å². The van der Waals surface area contributed by atoms with Crippen LogP contribution in [0.1, 0.15) is 43.6 Å². The Labute approximate surface area is 110 Å². The summed E-state index contributed by atoms with van der Waals surface area (Å²) in [6.07, 6.45) is 5.66. The zero-order chi connectivity index (χ0) is 12.3. The molecule has 92 valence electrons. The van der Waals surface area contributed by atoms with Crippen molar-refractivity contribution in [3.63, 3.8) is 0 Å². The first-order chi connectivity index (χ1) is 8.20. The minimum atomic E-state index is -0.691. The van der Waals surface area contributed by atoms with E-state index in [4.69, 9.17) is 0 Å². The molecule has 0 bridgehead atoms. The lowest BCUT2D eigenvalue weighted by molar-refractivity contribution is -0.140. The molecule has 0 saturated heterocycles. The molecule has 1 unspecified atom stereocenters. The number of carboxylic acids is 1. The Hall–Kier alpha value is -0.830. The molecule has 1 N–H and O–H groups in total. The van der Waals surface area contributed by atoms with E-state index in [1.54, 1.807) is 0 Å². The first kappa shape index (κ1) is 12.6. The second-order valence-corrected chi connectivity index (χ2v) is 5.59.